The number of fused-ring (bicyclic) bond motifs is 5. The molecule has 0 N–H and O–H groups in total. The number of hydrogen-bond donors (Lipinski definition) is 0. The molecule has 0 radical (unpaired) electrons. The molecule has 3 aromatic rings. The lowest BCUT2D eigenvalue weighted by Crippen LogP contribution is -2.31. The molecule has 1 aromatic heterocycles. The molecule has 2 heteroatoms. The van der Waals surface area contributed by atoms with Crippen LogP contribution in [0.3, 0.4) is 0 Å². The van der Waals surface area contributed by atoms with Crippen LogP contribution in [0.4, 0.5) is 0 Å². The van der Waals surface area contributed by atoms with E-state index >= 15 is 0 Å². The topological polar surface area (TPSA) is 8.17 Å². The van der Waals surface area contributed by atoms with Crippen LogP contribution in [-0.2, 0) is 25.8 Å². The van der Waals surface area contributed by atoms with Crippen LogP contribution in [0.1, 0.15) is 29.3 Å². The van der Waals surface area contributed by atoms with Gasteiger partial charge in [-0.25, -0.2) is 0 Å². The molecule has 0 saturated heterocycles. The first-order valence-corrected chi connectivity index (χ1v) is 9.42. The van der Waals surface area contributed by atoms with Gasteiger partial charge < -0.3 is 4.57 Å². The van der Waals surface area contributed by atoms with Gasteiger partial charge >= 0.3 is 0 Å². The maximum absolute atomic E-state index is 2.59. The third-order valence-corrected chi connectivity index (χ3v) is 5.83. The Labute approximate surface area is 149 Å². The Morgan fingerprint density at radius 1 is 0.960 bits per heavy atom. The summed E-state index contributed by atoms with van der Waals surface area (Å²) in [5.41, 5.74) is 8.93. The lowest BCUT2D eigenvalue weighted by molar-refractivity contribution is 0.280. The number of hydrogen-bond acceptors (Lipinski definition) is 1. The van der Waals surface area contributed by atoms with Gasteiger partial charge in [0.05, 0.1) is 5.52 Å². The largest absolute Gasteiger partial charge is 0.313 e. The summed E-state index contributed by atoms with van der Waals surface area (Å²) in [7, 11) is 0. The highest BCUT2D eigenvalue weighted by molar-refractivity contribution is 5.91. The minimum Gasteiger partial charge on any atom is -0.313 e. The zero-order chi connectivity index (χ0) is 16.8. The molecule has 0 atom stereocenters. The molecule has 0 fully saturated rings. The second-order valence-electron chi connectivity index (χ2n) is 7.26. The fraction of sp³-hybridized carbons (Fsp3) is 0.304. The number of allylic oxidation sites excluding steroid dienone is 1. The van der Waals surface area contributed by atoms with Gasteiger partial charge in [-0.1, -0.05) is 48.6 Å². The molecule has 3 heterocycles. The first kappa shape index (κ1) is 15.0. The molecular weight excluding hydrogens is 304 g/mol. The van der Waals surface area contributed by atoms with Crippen LogP contribution < -0.4 is 0 Å². The molecule has 2 aromatic carbocycles. The molecule has 2 aliphatic rings. The van der Waals surface area contributed by atoms with Gasteiger partial charge in [0.2, 0.25) is 0 Å². The summed E-state index contributed by atoms with van der Waals surface area (Å²) < 4.78 is 2.59. The predicted octanol–water partition coefficient (Wildman–Crippen LogP) is 4.66. The molecule has 126 valence electrons. The maximum atomic E-state index is 2.59. The minimum absolute atomic E-state index is 1.05. The van der Waals surface area contributed by atoms with E-state index < -0.39 is 0 Å². The first-order valence-electron chi connectivity index (χ1n) is 9.42. The van der Waals surface area contributed by atoms with Crippen molar-refractivity contribution < 1.29 is 0 Å². The predicted molar refractivity (Wildman–Crippen MR) is 104 cm³/mol. The second-order valence-corrected chi connectivity index (χ2v) is 7.26. The van der Waals surface area contributed by atoms with Crippen LogP contribution >= 0.6 is 0 Å². The summed E-state index contributed by atoms with van der Waals surface area (Å²) in [6.07, 6.45) is 7.84. The average molecular weight is 328 g/mol. The van der Waals surface area contributed by atoms with E-state index in [0.29, 0.717) is 0 Å². The van der Waals surface area contributed by atoms with Crippen molar-refractivity contribution in [1.29, 1.82) is 0 Å². The van der Waals surface area contributed by atoms with Gasteiger partial charge in [0.1, 0.15) is 0 Å². The molecule has 0 unspecified atom stereocenters. The molecule has 2 nitrogen and oxygen atoms in total. The number of rotatable bonds is 2. The smallest absolute Gasteiger partial charge is 0.0567 e. The van der Waals surface area contributed by atoms with Gasteiger partial charge in [0, 0.05) is 42.8 Å². The molecular formula is C23H24N2. The van der Waals surface area contributed by atoms with Gasteiger partial charge in [-0.05, 0) is 42.5 Å². The van der Waals surface area contributed by atoms with Crippen molar-refractivity contribution in [3.8, 4) is 5.69 Å². The van der Waals surface area contributed by atoms with Crippen molar-refractivity contribution in [3.63, 3.8) is 0 Å². The first-order chi connectivity index (χ1) is 12.4. The Bertz CT molecular complexity index is 977. The van der Waals surface area contributed by atoms with Gasteiger partial charge in [-0.2, -0.15) is 0 Å². The van der Waals surface area contributed by atoms with Crippen LogP contribution in [0.25, 0.3) is 16.6 Å². The van der Waals surface area contributed by atoms with Gasteiger partial charge in [-0.3, -0.25) is 4.90 Å². The normalized spacial score (nSPS) is 16.8. The van der Waals surface area contributed by atoms with Crippen LogP contribution in [0.15, 0.2) is 54.6 Å². The molecule has 0 aliphatic carbocycles. The molecule has 2 aliphatic heterocycles. The van der Waals surface area contributed by atoms with Crippen LogP contribution in [0.2, 0.25) is 0 Å². The SMILES string of the molecule is C/C=C/CN1CCc2c(c3cccc4c3n2-c2ccccc2CC4)C1. The van der Waals surface area contributed by atoms with E-state index in [1.54, 1.807) is 5.56 Å². The summed E-state index contributed by atoms with van der Waals surface area (Å²) in [6.45, 7) is 5.37. The van der Waals surface area contributed by atoms with Crippen molar-refractivity contribution in [2.45, 2.75) is 32.7 Å². The number of aromatic nitrogens is 1. The van der Waals surface area contributed by atoms with Crippen molar-refractivity contribution in [1.82, 2.24) is 9.47 Å². The quantitative estimate of drug-likeness (QED) is 0.621. The second kappa shape index (κ2) is 5.89. The molecule has 0 saturated carbocycles. The molecule has 0 amide bonds. The van der Waals surface area contributed by atoms with E-state index in [4.69, 9.17) is 0 Å². The van der Waals surface area contributed by atoms with E-state index in [-0.39, 0.29) is 0 Å². The van der Waals surface area contributed by atoms with E-state index in [0.717, 1.165) is 38.9 Å². The summed E-state index contributed by atoms with van der Waals surface area (Å²) >= 11 is 0. The summed E-state index contributed by atoms with van der Waals surface area (Å²) in [5, 5.41) is 1.47. The number of para-hydroxylation sites is 2. The van der Waals surface area contributed by atoms with Gasteiger partial charge in [-0.15, -0.1) is 0 Å². The van der Waals surface area contributed by atoms with Crippen molar-refractivity contribution in [2.24, 2.45) is 0 Å². The van der Waals surface area contributed by atoms with Crippen molar-refractivity contribution >= 4 is 10.9 Å². The Balaban J connectivity index is 1.75. The standard InChI is InChI=1S/C23H24N2/c1-2-3-14-24-15-13-22-20(16-24)19-9-6-8-18-12-11-17-7-4-5-10-21(17)25(22)23(18)19/h2-10H,11-16H2,1H3/b3-2+. The van der Waals surface area contributed by atoms with Crippen LogP contribution in [0.5, 0.6) is 0 Å². The Morgan fingerprint density at radius 3 is 2.72 bits per heavy atom. The minimum atomic E-state index is 1.05. The Morgan fingerprint density at radius 2 is 1.80 bits per heavy atom. The third kappa shape index (κ3) is 2.28. The Kier molecular flexibility index (Phi) is 3.53. The lowest BCUT2D eigenvalue weighted by Gasteiger charge is -2.27. The highest BCUT2D eigenvalue weighted by Crippen LogP contribution is 2.38. The molecule has 5 rings (SSSR count). The van der Waals surface area contributed by atoms with Crippen LogP contribution in [-0.4, -0.2) is 22.6 Å². The van der Waals surface area contributed by atoms with E-state index in [1.807, 2.05) is 0 Å². The highest BCUT2D eigenvalue weighted by Gasteiger charge is 2.27. The fourth-order valence-electron chi connectivity index (χ4n) is 4.62. The lowest BCUT2D eigenvalue weighted by atomic mass is 9.99. The number of nitrogens with zero attached hydrogens (tertiary/aromatic N) is 2. The fourth-order valence-corrected chi connectivity index (χ4v) is 4.62. The van der Waals surface area contributed by atoms with E-state index in [1.165, 1.54) is 33.4 Å². The molecule has 0 spiro atoms. The van der Waals surface area contributed by atoms with Crippen LogP contribution in [0, 0.1) is 0 Å². The molecule has 25 heavy (non-hydrogen) atoms. The van der Waals surface area contributed by atoms with Crippen molar-refractivity contribution in [3.05, 3.63) is 77.0 Å². The number of benzene rings is 2. The van der Waals surface area contributed by atoms with Gasteiger partial charge in [0.25, 0.3) is 0 Å². The highest BCUT2D eigenvalue weighted by atomic mass is 15.1. The zero-order valence-electron chi connectivity index (χ0n) is 14.8. The van der Waals surface area contributed by atoms with E-state index in [9.17, 15) is 0 Å². The van der Waals surface area contributed by atoms with Gasteiger partial charge in [0.15, 0.2) is 0 Å². The summed E-state index contributed by atoms with van der Waals surface area (Å²) in [4.78, 5) is 2.57. The third-order valence-electron chi connectivity index (χ3n) is 5.83. The Hall–Kier alpha value is -2.32. The summed E-state index contributed by atoms with van der Waals surface area (Å²) in [6, 6.07) is 15.9. The van der Waals surface area contributed by atoms with Crippen molar-refractivity contribution in [2.75, 3.05) is 13.1 Å². The molecule has 0 bridgehead atoms. The average Bonchev–Trinajstić information content (AvgIpc) is 2.88. The zero-order valence-corrected chi connectivity index (χ0v) is 14.8. The summed E-state index contributed by atoms with van der Waals surface area (Å²) in [5.74, 6) is 0. The monoisotopic (exact) mass is 328 g/mol. The van der Waals surface area contributed by atoms with E-state index in [2.05, 4.69) is 71.0 Å². The number of aryl methyl sites for hydroxylation is 2. The maximum Gasteiger partial charge on any atom is 0.0567 e.